The van der Waals surface area contributed by atoms with Crippen molar-refractivity contribution in [3.63, 3.8) is 0 Å². The fourth-order valence-electron chi connectivity index (χ4n) is 2.22. The molecule has 5 heteroatoms. The standard InChI is InChI=1S/C15H21FN4/c1-3-15-19-18-11-20(15)9-8-17-12(2)10-13-4-6-14(16)7-5-13/h4-7,11-12,17H,3,8-10H2,1-2H3/t12-/m1/s1. The molecule has 2 rings (SSSR count). The average Bonchev–Trinajstić information content (AvgIpc) is 2.89. The zero-order chi connectivity index (χ0) is 14.4. The summed E-state index contributed by atoms with van der Waals surface area (Å²) in [5.74, 6) is 0.826. The molecule has 1 atom stereocenters. The van der Waals surface area contributed by atoms with E-state index in [0.717, 1.165) is 37.3 Å². The van der Waals surface area contributed by atoms with Crippen molar-refractivity contribution < 1.29 is 4.39 Å². The van der Waals surface area contributed by atoms with Gasteiger partial charge in [-0.2, -0.15) is 0 Å². The number of hydrogen-bond donors (Lipinski definition) is 1. The fraction of sp³-hybridized carbons (Fsp3) is 0.467. The lowest BCUT2D eigenvalue weighted by Crippen LogP contribution is -2.31. The number of nitrogens with one attached hydrogen (secondary N) is 1. The summed E-state index contributed by atoms with van der Waals surface area (Å²) in [6.45, 7) is 5.94. The van der Waals surface area contributed by atoms with Gasteiger partial charge in [-0.25, -0.2) is 4.39 Å². The van der Waals surface area contributed by atoms with E-state index in [1.165, 1.54) is 12.1 Å². The van der Waals surface area contributed by atoms with Crippen LogP contribution in [-0.4, -0.2) is 27.4 Å². The Morgan fingerprint density at radius 2 is 2.05 bits per heavy atom. The SMILES string of the molecule is CCc1nncn1CCN[C@H](C)Cc1ccc(F)cc1. The Morgan fingerprint density at radius 3 is 2.75 bits per heavy atom. The first-order valence-corrected chi connectivity index (χ1v) is 7.03. The van der Waals surface area contributed by atoms with Crippen LogP contribution in [0.1, 0.15) is 25.2 Å². The lowest BCUT2D eigenvalue weighted by molar-refractivity contribution is 0.505. The summed E-state index contributed by atoms with van der Waals surface area (Å²) in [6.07, 6.45) is 3.55. The molecule has 0 unspecified atom stereocenters. The highest BCUT2D eigenvalue weighted by Crippen LogP contribution is 2.05. The maximum atomic E-state index is 12.8. The summed E-state index contributed by atoms with van der Waals surface area (Å²) in [6, 6.07) is 7.03. The van der Waals surface area contributed by atoms with Crippen molar-refractivity contribution in [3.05, 3.63) is 47.8 Å². The van der Waals surface area contributed by atoms with Crippen LogP contribution < -0.4 is 5.32 Å². The number of aromatic nitrogens is 3. The van der Waals surface area contributed by atoms with Crippen LogP contribution >= 0.6 is 0 Å². The number of hydrogen-bond acceptors (Lipinski definition) is 3. The minimum atomic E-state index is -0.186. The van der Waals surface area contributed by atoms with Crippen LogP contribution in [0.3, 0.4) is 0 Å². The van der Waals surface area contributed by atoms with Gasteiger partial charge in [0.05, 0.1) is 0 Å². The molecular weight excluding hydrogens is 255 g/mol. The molecule has 2 aromatic rings. The van der Waals surface area contributed by atoms with Crippen molar-refractivity contribution in [3.8, 4) is 0 Å². The second-order valence-corrected chi connectivity index (χ2v) is 4.98. The minimum Gasteiger partial charge on any atom is -0.316 e. The highest BCUT2D eigenvalue weighted by molar-refractivity contribution is 5.16. The molecule has 1 N–H and O–H groups in total. The average molecular weight is 276 g/mol. The van der Waals surface area contributed by atoms with E-state index in [9.17, 15) is 4.39 Å². The fourth-order valence-corrected chi connectivity index (χ4v) is 2.22. The summed E-state index contributed by atoms with van der Waals surface area (Å²) < 4.78 is 14.9. The molecule has 4 nitrogen and oxygen atoms in total. The van der Waals surface area contributed by atoms with Crippen LogP contribution in [0.4, 0.5) is 4.39 Å². The molecule has 1 heterocycles. The summed E-state index contributed by atoms with van der Waals surface area (Å²) in [4.78, 5) is 0. The molecule has 1 aromatic carbocycles. The van der Waals surface area contributed by atoms with E-state index in [0.29, 0.717) is 6.04 Å². The zero-order valence-electron chi connectivity index (χ0n) is 12.0. The van der Waals surface area contributed by atoms with Crippen molar-refractivity contribution in [2.45, 2.75) is 39.3 Å². The van der Waals surface area contributed by atoms with Gasteiger partial charge in [0.2, 0.25) is 0 Å². The number of halogens is 1. The summed E-state index contributed by atoms with van der Waals surface area (Å²) >= 11 is 0. The molecule has 0 aliphatic carbocycles. The third kappa shape index (κ3) is 4.13. The molecule has 0 fully saturated rings. The Labute approximate surface area is 119 Å². The largest absolute Gasteiger partial charge is 0.316 e. The lowest BCUT2D eigenvalue weighted by Gasteiger charge is -2.14. The van der Waals surface area contributed by atoms with Gasteiger partial charge in [0.1, 0.15) is 18.0 Å². The second kappa shape index (κ2) is 7.14. The summed E-state index contributed by atoms with van der Waals surface area (Å²) in [5.41, 5.74) is 1.14. The normalized spacial score (nSPS) is 12.6. The van der Waals surface area contributed by atoms with E-state index < -0.39 is 0 Å². The summed E-state index contributed by atoms with van der Waals surface area (Å²) in [7, 11) is 0. The smallest absolute Gasteiger partial charge is 0.132 e. The van der Waals surface area contributed by atoms with E-state index in [4.69, 9.17) is 0 Å². The summed E-state index contributed by atoms with van der Waals surface area (Å²) in [5, 5.41) is 11.4. The zero-order valence-corrected chi connectivity index (χ0v) is 12.0. The quantitative estimate of drug-likeness (QED) is 0.843. The van der Waals surface area contributed by atoms with Gasteiger partial charge in [0, 0.05) is 25.6 Å². The van der Waals surface area contributed by atoms with Crippen molar-refractivity contribution in [2.24, 2.45) is 0 Å². The molecule has 0 saturated heterocycles. The Morgan fingerprint density at radius 1 is 1.30 bits per heavy atom. The maximum Gasteiger partial charge on any atom is 0.132 e. The molecule has 108 valence electrons. The van der Waals surface area contributed by atoms with Gasteiger partial charge in [-0.05, 0) is 31.0 Å². The van der Waals surface area contributed by atoms with E-state index in [2.05, 4.69) is 33.9 Å². The Balaban J connectivity index is 1.75. The Kier molecular flexibility index (Phi) is 5.24. The van der Waals surface area contributed by atoms with Crippen molar-refractivity contribution in [1.82, 2.24) is 20.1 Å². The van der Waals surface area contributed by atoms with Crippen LogP contribution in [0.25, 0.3) is 0 Å². The molecule has 20 heavy (non-hydrogen) atoms. The predicted octanol–water partition coefficient (Wildman–Crippen LogP) is 2.20. The third-order valence-corrected chi connectivity index (χ3v) is 3.31. The van der Waals surface area contributed by atoms with Crippen LogP contribution in [-0.2, 0) is 19.4 Å². The van der Waals surface area contributed by atoms with Crippen molar-refractivity contribution >= 4 is 0 Å². The van der Waals surface area contributed by atoms with E-state index >= 15 is 0 Å². The molecule has 0 radical (unpaired) electrons. The van der Waals surface area contributed by atoms with Crippen LogP contribution in [0.5, 0.6) is 0 Å². The first-order valence-electron chi connectivity index (χ1n) is 7.03. The first kappa shape index (κ1) is 14.7. The van der Waals surface area contributed by atoms with Gasteiger partial charge in [-0.15, -0.1) is 10.2 Å². The molecule has 0 aliphatic heterocycles. The minimum absolute atomic E-state index is 0.186. The van der Waals surface area contributed by atoms with Gasteiger partial charge >= 0.3 is 0 Å². The third-order valence-electron chi connectivity index (χ3n) is 3.31. The molecule has 0 aliphatic rings. The highest BCUT2D eigenvalue weighted by Gasteiger charge is 2.05. The van der Waals surface area contributed by atoms with E-state index in [1.54, 1.807) is 6.33 Å². The highest BCUT2D eigenvalue weighted by atomic mass is 19.1. The monoisotopic (exact) mass is 276 g/mol. The van der Waals surface area contributed by atoms with Gasteiger partial charge in [0.15, 0.2) is 0 Å². The molecule has 1 aromatic heterocycles. The molecule has 0 spiro atoms. The van der Waals surface area contributed by atoms with E-state index in [-0.39, 0.29) is 5.82 Å². The van der Waals surface area contributed by atoms with Crippen molar-refractivity contribution in [1.29, 1.82) is 0 Å². The number of nitrogens with zero attached hydrogens (tertiary/aromatic N) is 3. The lowest BCUT2D eigenvalue weighted by atomic mass is 10.1. The molecule has 0 bridgehead atoms. The van der Waals surface area contributed by atoms with Gasteiger partial charge in [0.25, 0.3) is 0 Å². The maximum absolute atomic E-state index is 12.8. The first-order chi connectivity index (χ1) is 9.69. The molecule has 0 saturated carbocycles. The van der Waals surface area contributed by atoms with Gasteiger partial charge < -0.3 is 9.88 Å². The number of aryl methyl sites for hydroxylation is 1. The van der Waals surface area contributed by atoms with Crippen LogP contribution in [0.15, 0.2) is 30.6 Å². The van der Waals surface area contributed by atoms with Gasteiger partial charge in [-0.1, -0.05) is 19.1 Å². The topological polar surface area (TPSA) is 42.7 Å². The number of rotatable bonds is 7. The Bertz CT molecular complexity index is 521. The van der Waals surface area contributed by atoms with Crippen LogP contribution in [0, 0.1) is 5.82 Å². The van der Waals surface area contributed by atoms with Crippen molar-refractivity contribution in [2.75, 3.05) is 6.54 Å². The molecule has 0 amide bonds. The number of benzene rings is 1. The van der Waals surface area contributed by atoms with Crippen LogP contribution in [0.2, 0.25) is 0 Å². The van der Waals surface area contributed by atoms with Gasteiger partial charge in [-0.3, -0.25) is 0 Å². The molecular formula is C15H21FN4. The second-order valence-electron chi connectivity index (χ2n) is 4.98. The van der Waals surface area contributed by atoms with E-state index in [1.807, 2.05) is 12.1 Å². The Hall–Kier alpha value is -1.75. The predicted molar refractivity (Wildman–Crippen MR) is 77.0 cm³/mol.